The molecule has 14 heavy (non-hydrogen) atoms. The molecule has 86 valence electrons. The zero-order valence-corrected chi connectivity index (χ0v) is 13.3. The average Bonchev–Trinajstić information content (AvgIpc) is 1.96. The van der Waals surface area contributed by atoms with Gasteiger partial charge < -0.3 is 18.3 Å². The molecule has 0 bridgehead atoms. The van der Waals surface area contributed by atoms with Crippen LogP contribution in [0.4, 0.5) is 0 Å². The van der Waals surface area contributed by atoms with Crippen LogP contribution in [0.25, 0.3) is 0 Å². The van der Waals surface area contributed by atoms with E-state index in [1.54, 1.807) is 0 Å². The third-order valence-corrected chi connectivity index (χ3v) is 15.9. The minimum atomic E-state index is -0.954. The van der Waals surface area contributed by atoms with Crippen LogP contribution in [0, 0.1) is 0 Å². The van der Waals surface area contributed by atoms with Crippen molar-refractivity contribution in [2.24, 2.45) is 0 Å². The summed E-state index contributed by atoms with van der Waals surface area (Å²) in [5.74, 6) is 0. The molecule has 0 rings (SSSR count). The van der Waals surface area contributed by atoms with Crippen molar-refractivity contribution in [1.29, 1.82) is 0 Å². The molecule has 0 amide bonds. The SMILES string of the molecule is CN(C)[SiH](N(C)C)[SiH](N(C)C)N(C)C. The summed E-state index contributed by atoms with van der Waals surface area (Å²) >= 11 is 0. The normalized spacial score (nSPS) is 13.3. The van der Waals surface area contributed by atoms with Gasteiger partial charge in [0, 0.05) is 0 Å². The van der Waals surface area contributed by atoms with E-state index >= 15 is 0 Å². The highest BCUT2D eigenvalue weighted by Crippen LogP contribution is 2.02. The van der Waals surface area contributed by atoms with Gasteiger partial charge in [-0.1, -0.05) is 0 Å². The lowest BCUT2D eigenvalue weighted by Gasteiger charge is -2.40. The third-order valence-electron chi connectivity index (χ3n) is 2.38. The molecule has 0 aliphatic rings. The first-order valence-corrected chi connectivity index (χ1v) is 9.68. The van der Waals surface area contributed by atoms with Gasteiger partial charge in [0.2, 0.25) is 17.3 Å². The summed E-state index contributed by atoms with van der Waals surface area (Å²) in [7, 11) is 15.8. The Morgan fingerprint density at radius 3 is 0.643 bits per heavy atom. The number of hydrogen-bond donors (Lipinski definition) is 0. The lowest BCUT2D eigenvalue weighted by molar-refractivity contribution is 0.488. The van der Waals surface area contributed by atoms with Crippen molar-refractivity contribution in [2.45, 2.75) is 0 Å². The van der Waals surface area contributed by atoms with E-state index in [-0.39, 0.29) is 0 Å². The molecule has 0 spiro atoms. The highest BCUT2D eigenvalue weighted by atomic mass is 29.2. The van der Waals surface area contributed by atoms with Crippen molar-refractivity contribution in [3.05, 3.63) is 0 Å². The van der Waals surface area contributed by atoms with Gasteiger partial charge in [0.05, 0.1) is 0 Å². The Morgan fingerprint density at radius 1 is 0.429 bits per heavy atom. The topological polar surface area (TPSA) is 13.0 Å². The fraction of sp³-hybridized carbons (Fsp3) is 1.00. The van der Waals surface area contributed by atoms with Gasteiger partial charge in [-0.15, -0.1) is 0 Å². The number of nitrogens with zero attached hydrogens (tertiary/aromatic N) is 4. The molecule has 0 unspecified atom stereocenters. The molecule has 0 atom stereocenters. The van der Waals surface area contributed by atoms with Crippen LogP contribution >= 0.6 is 0 Å². The Labute approximate surface area is 92.4 Å². The molecule has 0 aromatic rings. The monoisotopic (exact) mass is 234 g/mol. The van der Waals surface area contributed by atoms with Crippen molar-refractivity contribution < 1.29 is 0 Å². The van der Waals surface area contributed by atoms with Crippen LogP contribution in [-0.4, -0.2) is 91.9 Å². The standard InChI is InChI=1S/C8H26N4Si2/c1-9(2)13(10(3)4)14(11(5)6)12(7)8/h13-14H,1-8H3. The molecule has 0 aliphatic heterocycles. The zero-order valence-electron chi connectivity index (χ0n) is 10.9. The molecule has 0 heterocycles. The predicted octanol–water partition coefficient (Wildman–Crippen LogP) is -1.25. The van der Waals surface area contributed by atoms with Crippen LogP contribution < -0.4 is 0 Å². The molecule has 4 nitrogen and oxygen atoms in total. The molecule has 0 fully saturated rings. The summed E-state index contributed by atoms with van der Waals surface area (Å²) in [6.45, 7) is 0. The minimum absolute atomic E-state index is 0.954. The van der Waals surface area contributed by atoms with Crippen LogP contribution in [0.5, 0.6) is 0 Å². The molecular weight excluding hydrogens is 208 g/mol. The summed E-state index contributed by atoms with van der Waals surface area (Å²) in [5, 5.41) is 0. The maximum absolute atomic E-state index is 2.44. The van der Waals surface area contributed by atoms with E-state index in [2.05, 4.69) is 74.6 Å². The third kappa shape index (κ3) is 3.80. The van der Waals surface area contributed by atoms with E-state index in [9.17, 15) is 0 Å². The van der Waals surface area contributed by atoms with Crippen molar-refractivity contribution in [3.8, 4) is 0 Å². The molecule has 0 aromatic heterocycles. The first-order valence-electron chi connectivity index (χ1n) is 4.94. The van der Waals surface area contributed by atoms with E-state index in [1.807, 2.05) is 0 Å². The van der Waals surface area contributed by atoms with Crippen molar-refractivity contribution in [2.75, 3.05) is 56.4 Å². The second-order valence-electron chi connectivity index (χ2n) is 4.68. The van der Waals surface area contributed by atoms with E-state index in [4.69, 9.17) is 0 Å². The number of hydrogen-bond acceptors (Lipinski definition) is 4. The summed E-state index contributed by atoms with van der Waals surface area (Å²) < 4.78 is 9.77. The Balaban J connectivity index is 4.74. The first kappa shape index (κ1) is 14.3. The Morgan fingerprint density at radius 2 is 0.571 bits per heavy atom. The van der Waals surface area contributed by atoms with Gasteiger partial charge in [0.1, 0.15) is 0 Å². The van der Waals surface area contributed by atoms with Crippen LogP contribution in [0.2, 0.25) is 0 Å². The van der Waals surface area contributed by atoms with Crippen molar-refractivity contribution in [1.82, 2.24) is 18.3 Å². The van der Waals surface area contributed by atoms with Crippen LogP contribution in [-0.2, 0) is 0 Å². The highest BCUT2D eigenvalue weighted by Gasteiger charge is 2.33. The average molecular weight is 234 g/mol. The second-order valence-corrected chi connectivity index (χ2v) is 14.0. The van der Waals surface area contributed by atoms with E-state index in [0.29, 0.717) is 0 Å². The second kappa shape index (κ2) is 5.99. The fourth-order valence-electron chi connectivity index (χ4n) is 1.99. The molecular formula is C8H26N4Si2. The lowest BCUT2D eigenvalue weighted by atomic mass is 11.3. The molecule has 0 aliphatic carbocycles. The maximum atomic E-state index is 2.44. The van der Waals surface area contributed by atoms with Gasteiger partial charge >= 0.3 is 0 Å². The van der Waals surface area contributed by atoms with E-state index in [0.717, 1.165) is 0 Å². The van der Waals surface area contributed by atoms with Gasteiger partial charge in [-0.3, -0.25) is 0 Å². The first-order chi connectivity index (χ1) is 6.29. The molecule has 0 saturated heterocycles. The Hall–Kier alpha value is 0.274. The number of rotatable bonds is 5. The summed E-state index contributed by atoms with van der Waals surface area (Å²) in [4.78, 5) is 0. The Bertz CT molecular complexity index is 127. The molecule has 6 heteroatoms. The van der Waals surface area contributed by atoms with E-state index < -0.39 is 17.3 Å². The summed E-state index contributed by atoms with van der Waals surface area (Å²) in [6.07, 6.45) is 0. The molecule has 0 saturated carbocycles. The van der Waals surface area contributed by atoms with Crippen LogP contribution in [0.15, 0.2) is 0 Å². The maximum Gasteiger partial charge on any atom is 0.208 e. The zero-order chi connectivity index (χ0) is 11.5. The molecule has 0 N–H and O–H groups in total. The summed E-state index contributed by atoms with van der Waals surface area (Å²) in [5.41, 5.74) is 0. The van der Waals surface area contributed by atoms with Gasteiger partial charge in [-0.2, -0.15) is 0 Å². The van der Waals surface area contributed by atoms with Gasteiger partial charge in [-0.25, -0.2) is 0 Å². The highest BCUT2D eigenvalue weighted by molar-refractivity contribution is 7.17. The smallest absolute Gasteiger partial charge is 0.208 e. The van der Waals surface area contributed by atoms with Gasteiger partial charge in [0.25, 0.3) is 0 Å². The quantitative estimate of drug-likeness (QED) is 0.551. The minimum Gasteiger partial charge on any atom is -0.320 e. The predicted molar refractivity (Wildman–Crippen MR) is 69.0 cm³/mol. The molecule has 0 aromatic carbocycles. The Kier molecular flexibility index (Phi) is 6.11. The van der Waals surface area contributed by atoms with Gasteiger partial charge in [-0.05, 0) is 56.4 Å². The van der Waals surface area contributed by atoms with Crippen LogP contribution in [0.3, 0.4) is 0 Å². The summed E-state index contributed by atoms with van der Waals surface area (Å²) in [6, 6.07) is 0. The molecule has 0 radical (unpaired) electrons. The fourth-order valence-corrected chi connectivity index (χ4v) is 12.4. The lowest BCUT2D eigenvalue weighted by Crippen LogP contribution is -2.67. The van der Waals surface area contributed by atoms with Crippen molar-refractivity contribution >= 4 is 17.3 Å². The van der Waals surface area contributed by atoms with Gasteiger partial charge in [0.15, 0.2) is 0 Å². The van der Waals surface area contributed by atoms with Crippen molar-refractivity contribution in [3.63, 3.8) is 0 Å². The van der Waals surface area contributed by atoms with Crippen LogP contribution in [0.1, 0.15) is 0 Å². The largest absolute Gasteiger partial charge is 0.320 e. The van der Waals surface area contributed by atoms with E-state index in [1.165, 1.54) is 0 Å².